The molecular weight excluding hydrogens is 416 g/mol. The van der Waals surface area contributed by atoms with Gasteiger partial charge in [-0.25, -0.2) is 8.78 Å². The van der Waals surface area contributed by atoms with Gasteiger partial charge in [0.2, 0.25) is 0 Å². The predicted molar refractivity (Wildman–Crippen MR) is 108 cm³/mol. The van der Waals surface area contributed by atoms with Crippen molar-refractivity contribution in [3.05, 3.63) is 64.7 Å². The molecule has 2 amide bonds. The number of alkyl halides is 2. The van der Waals surface area contributed by atoms with Gasteiger partial charge in [0.1, 0.15) is 11.6 Å². The normalized spacial score (nSPS) is 14.4. The highest BCUT2D eigenvalue weighted by Gasteiger charge is 2.41. The van der Waals surface area contributed by atoms with Crippen molar-refractivity contribution in [1.29, 1.82) is 0 Å². The van der Waals surface area contributed by atoms with Gasteiger partial charge in [-0.1, -0.05) is 19.3 Å². The smallest absolute Gasteiger partial charge is 0.352 e. The molecule has 168 valence electrons. The van der Waals surface area contributed by atoms with Crippen molar-refractivity contribution in [2.45, 2.75) is 51.1 Å². The maximum absolute atomic E-state index is 13.6. The van der Waals surface area contributed by atoms with Crippen molar-refractivity contribution >= 4 is 17.5 Å². The Bertz CT molecular complexity index is 944. The molecule has 0 saturated heterocycles. The van der Waals surface area contributed by atoms with E-state index in [4.69, 9.17) is 5.11 Å². The Morgan fingerprint density at radius 2 is 1.65 bits per heavy atom. The van der Waals surface area contributed by atoms with Crippen LogP contribution in [0.4, 0.5) is 23.2 Å². The highest BCUT2D eigenvalue weighted by atomic mass is 19.3. The summed E-state index contributed by atoms with van der Waals surface area (Å²) in [5.41, 5.74) is 3.45. The molecule has 1 aliphatic carbocycles. The number of benzene rings is 2. The predicted octanol–water partition coefficient (Wildman–Crippen LogP) is 4.41. The fraction of sp³-hybridized carbons (Fsp3) is 0.364. The number of aliphatic hydroxyl groups is 1. The number of aliphatic hydroxyl groups excluding tert-OH is 1. The van der Waals surface area contributed by atoms with E-state index in [0.29, 0.717) is 12.1 Å². The van der Waals surface area contributed by atoms with Crippen molar-refractivity contribution < 1.29 is 32.3 Å². The van der Waals surface area contributed by atoms with Crippen LogP contribution in [0.25, 0.3) is 0 Å². The van der Waals surface area contributed by atoms with Crippen LogP contribution in [-0.4, -0.2) is 23.0 Å². The van der Waals surface area contributed by atoms with Crippen LogP contribution < -0.4 is 11.1 Å². The summed E-state index contributed by atoms with van der Waals surface area (Å²) in [6.07, 6.45) is 5.92. The largest absolute Gasteiger partial charge is 0.393 e. The summed E-state index contributed by atoms with van der Waals surface area (Å²) >= 11 is 0. The molecule has 0 bridgehead atoms. The molecule has 1 saturated carbocycles. The fourth-order valence-corrected chi connectivity index (χ4v) is 3.05. The third kappa shape index (κ3) is 6.52. The van der Waals surface area contributed by atoms with Gasteiger partial charge in [-0.05, 0) is 61.7 Å². The quantitative estimate of drug-likeness (QED) is 0.615. The first-order valence-electron chi connectivity index (χ1n) is 9.75. The molecule has 0 aliphatic heterocycles. The zero-order valence-corrected chi connectivity index (χ0v) is 16.9. The van der Waals surface area contributed by atoms with Gasteiger partial charge in [-0.15, -0.1) is 0 Å². The van der Waals surface area contributed by atoms with E-state index in [2.05, 4.69) is 11.1 Å². The number of hydrogen-bond acceptors (Lipinski definition) is 3. The lowest BCUT2D eigenvalue weighted by molar-refractivity contribution is -0.143. The second-order valence-corrected chi connectivity index (χ2v) is 7.34. The number of anilines is 1. The number of carbonyl (C=O) groups excluding carboxylic acids is 2. The molecule has 0 heterocycles. The number of halogens is 4. The molecule has 3 rings (SSSR count). The molecule has 5 nitrogen and oxygen atoms in total. The highest BCUT2D eigenvalue weighted by Crippen LogP contribution is 2.30. The van der Waals surface area contributed by atoms with Gasteiger partial charge in [0, 0.05) is 11.3 Å². The topological polar surface area (TPSA) is 92.4 Å². The van der Waals surface area contributed by atoms with Gasteiger partial charge >= 0.3 is 5.92 Å². The number of amides is 2. The molecule has 0 unspecified atom stereocenters. The van der Waals surface area contributed by atoms with Gasteiger partial charge < -0.3 is 16.2 Å². The van der Waals surface area contributed by atoms with Gasteiger partial charge in [-0.2, -0.15) is 8.78 Å². The van der Waals surface area contributed by atoms with Crippen molar-refractivity contribution in [2.75, 3.05) is 5.32 Å². The third-order valence-electron chi connectivity index (χ3n) is 4.87. The van der Waals surface area contributed by atoms with Gasteiger partial charge in [-0.3, -0.25) is 9.59 Å². The van der Waals surface area contributed by atoms with Crippen LogP contribution in [-0.2, 0) is 10.7 Å². The molecule has 4 N–H and O–H groups in total. The van der Waals surface area contributed by atoms with Gasteiger partial charge in [0.15, 0.2) is 0 Å². The Balaban J connectivity index is 0.000000412. The molecule has 0 atom stereocenters. The zero-order valence-electron chi connectivity index (χ0n) is 16.9. The Morgan fingerprint density at radius 3 is 2.16 bits per heavy atom. The van der Waals surface area contributed by atoms with E-state index in [9.17, 15) is 27.2 Å². The number of hydrogen-bond donors (Lipinski definition) is 3. The number of aryl methyl sites for hydroxylation is 1. The summed E-state index contributed by atoms with van der Waals surface area (Å²) in [6, 6.07) is 5.91. The first-order chi connectivity index (χ1) is 14.5. The lowest BCUT2D eigenvalue weighted by Gasteiger charge is -2.14. The maximum atomic E-state index is 13.6. The third-order valence-corrected chi connectivity index (χ3v) is 4.87. The van der Waals surface area contributed by atoms with E-state index in [-0.39, 0.29) is 22.9 Å². The molecular formula is C22H24F4N2O3. The minimum atomic E-state index is -4.26. The van der Waals surface area contributed by atoms with E-state index in [1.54, 1.807) is 0 Å². The van der Waals surface area contributed by atoms with E-state index in [1.165, 1.54) is 38.3 Å². The molecule has 2 aromatic carbocycles. The summed E-state index contributed by atoms with van der Waals surface area (Å²) < 4.78 is 54.0. The lowest BCUT2D eigenvalue weighted by atomic mass is 9.98. The van der Waals surface area contributed by atoms with Crippen molar-refractivity contribution in [2.24, 2.45) is 5.73 Å². The highest BCUT2D eigenvalue weighted by molar-refractivity contribution is 6.04. The molecule has 9 heteroatoms. The Kier molecular flexibility index (Phi) is 8.15. The summed E-state index contributed by atoms with van der Waals surface area (Å²) in [4.78, 5) is 22.9. The Morgan fingerprint density at radius 1 is 1.03 bits per heavy atom. The maximum Gasteiger partial charge on any atom is 0.352 e. The molecule has 0 radical (unpaired) electrons. The molecule has 1 fully saturated rings. The molecule has 0 spiro atoms. The number of carbonyl (C=O) groups is 2. The molecule has 2 aromatic rings. The average molecular weight is 440 g/mol. The first-order valence-corrected chi connectivity index (χ1v) is 9.75. The zero-order chi connectivity index (χ0) is 23.2. The molecule has 1 aliphatic rings. The number of primary amides is 1. The number of nitrogens with two attached hydrogens (primary N) is 1. The number of rotatable bonds is 4. The van der Waals surface area contributed by atoms with Crippen LogP contribution in [0.1, 0.15) is 53.6 Å². The van der Waals surface area contributed by atoms with E-state index < -0.39 is 34.9 Å². The van der Waals surface area contributed by atoms with Crippen molar-refractivity contribution in [3.63, 3.8) is 0 Å². The van der Waals surface area contributed by atoms with Crippen LogP contribution in [0, 0.1) is 18.6 Å². The first kappa shape index (κ1) is 24.3. The lowest BCUT2D eigenvalue weighted by Crippen LogP contribution is -2.34. The summed E-state index contributed by atoms with van der Waals surface area (Å²) in [6.45, 7) is 1.48. The minimum absolute atomic E-state index is 0.0359. The standard InChI is InChI=1S/C16H12F4N2O2.C6H12O/c1-8-6-10(3-5-12(8)17)22-14(23)9-2-4-13(18)11(7-9)16(19,20)15(21)24;7-6-4-2-1-3-5-6/h2-7H,1H3,(H2,21,24)(H,22,23);6-7H,1-5H2. The second-order valence-electron chi connectivity index (χ2n) is 7.34. The number of nitrogens with one attached hydrogen (secondary N) is 1. The fourth-order valence-electron chi connectivity index (χ4n) is 3.05. The molecule has 0 aromatic heterocycles. The van der Waals surface area contributed by atoms with Crippen LogP contribution in [0.3, 0.4) is 0 Å². The summed E-state index contributed by atoms with van der Waals surface area (Å²) in [5, 5.41) is 11.3. The van der Waals surface area contributed by atoms with Crippen LogP contribution in [0.2, 0.25) is 0 Å². The molecule has 31 heavy (non-hydrogen) atoms. The summed E-state index contributed by atoms with van der Waals surface area (Å²) in [5.74, 6) is -8.96. The minimum Gasteiger partial charge on any atom is -0.393 e. The van der Waals surface area contributed by atoms with Crippen LogP contribution in [0.15, 0.2) is 36.4 Å². The second kappa shape index (κ2) is 10.4. The Labute approximate surface area is 177 Å². The van der Waals surface area contributed by atoms with Gasteiger partial charge in [0.05, 0.1) is 11.7 Å². The summed E-state index contributed by atoms with van der Waals surface area (Å²) in [7, 11) is 0. The monoisotopic (exact) mass is 440 g/mol. The Hall–Kier alpha value is -2.94. The van der Waals surface area contributed by atoms with Crippen molar-refractivity contribution in [1.82, 2.24) is 0 Å². The van der Waals surface area contributed by atoms with E-state index in [0.717, 1.165) is 25.0 Å². The SMILES string of the molecule is Cc1cc(NC(=O)c2ccc(F)c(C(F)(F)C(N)=O)c2)ccc1F.OC1CCCCC1. The van der Waals surface area contributed by atoms with Crippen LogP contribution in [0.5, 0.6) is 0 Å². The van der Waals surface area contributed by atoms with E-state index >= 15 is 0 Å². The van der Waals surface area contributed by atoms with Crippen LogP contribution >= 0.6 is 0 Å². The van der Waals surface area contributed by atoms with E-state index in [1.807, 2.05) is 0 Å². The van der Waals surface area contributed by atoms with Gasteiger partial charge in [0.25, 0.3) is 11.8 Å². The van der Waals surface area contributed by atoms with Crippen molar-refractivity contribution in [3.8, 4) is 0 Å². The average Bonchev–Trinajstić information content (AvgIpc) is 2.72.